The molecule has 19 heavy (non-hydrogen) atoms. The second-order valence-corrected chi connectivity index (χ2v) is 5.14. The zero-order valence-electron chi connectivity index (χ0n) is 11.2. The Morgan fingerprint density at radius 2 is 2.21 bits per heavy atom. The molecule has 0 saturated heterocycles. The van der Waals surface area contributed by atoms with Gasteiger partial charge in [-0.1, -0.05) is 6.42 Å². The van der Waals surface area contributed by atoms with Gasteiger partial charge in [-0.05, 0) is 26.2 Å². The molecule has 1 aliphatic rings. The number of hydrogen-bond donors (Lipinski definition) is 2. The summed E-state index contributed by atoms with van der Waals surface area (Å²) >= 11 is 0. The Bertz CT molecular complexity index is 495. The van der Waals surface area contributed by atoms with Crippen LogP contribution in [0, 0.1) is 12.8 Å². The Hall–Kier alpha value is -1.85. The van der Waals surface area contributed by atoms with Crippen molar-refractivity contribution in [2.75, 3.05) is 0 Å². The highest BCUT2D eigenvalue weighted by molar-refractivity contribution is 5.95. The number of aliphatic carboxylic acids is 1. The summed E-state index contributed by atoms with van der Waals surface area (Å²) < 4.78 is 1.65. The number of hydrogen-bond acceptors (Lipinski definition) is 3. The van der Waals surface area contributed by atoms with Crippen LogP contribution in [0.5, 0.6) is 0 Å². The van der Waals surface area contributed by atoms with Crippen molar-refractivity contribution in [1.29, 1.82) is 0 Å². The van der Waals surface area contributed by atoms with Crippen LogP contribution in [0.25, 0.3) is 0 Å². The summed E-state index contributed by atoms with van der Waals surface area (Å²) in [5, 5.41) is 16.0. The fraction of sp³-hybridized carbons (Fsp3) is 0.615. The molecule has 2 unspecified atom stereocenters. The summed E-state index contributed by atoms with van der Waals surface area (Å²) in [6, 6.07) is -0.0537. The Balaban J connectivity index is 1.99. The van der Waals surface area contributed by atoms with Gasteiger partial charge in [0, 0.05) is 18.8 Å². The number of aryl methyl sites for hydroxylation is 1. The number of carbonyl (C=O) groups excluding carboxylic acids is 1. The van der Waals surface area contributed by atoms with Gasteiger partial charge in [0.05, 0.1) is 17.7 Å². The summed E-state index contributed by atoms with van der Waals surface area (Å²) in [6.07, 6.45) is 4.44. The highest BCUT2D eigenvalue weighted by Gasteiger charge is 2.28. The van der Waals surface area contributed by atoms with Gasteiger partial charge < -0.3 is 10.4 Å². The first-order valence-electron chi connectivity index (χ1n) is 6.51. The van der Waals surface area contributed by atoms with Gasteiger partial charge in [-0.2, -0.15) is 5.10 Å². The van der Waals surface area contributed by atoms with Crippen LogP contribution in [0.1, 0.15) is 41.7 Å². The molecule has 1 aromatic rings. The van der Waals surface area contributed by atoms with E-state index in [0.29, 0.717) is 18.4 Å². The van der Waals surface area contributed by atoms with Crippen LogP contribution in [0.15, 0.2) is 6.20 Å². The number of aromatic nitrogens is 2. The van der Waals surface area contributed by atoms with Crippen molar-refractivity contribution in [3.05, 3.63) is 17.5 Å². The monoisotopic (exact) mass is 265 g/mol. The number of carboxylic acids is 1. The summed E-state index contributed by atoms with van der Waals surface area (Å²) in [5.74, 6) is -1.27. The Labute approximate surface area is 111 Å². The molecule has 104 valence electrons. The summed E-state index contributed by atoms with van der Waals surface area (Å²) in [6.45, 7) is 1.84. The van der Waals surface area contributed by atoms with Crippen molar-refractivity contribution in [3.63, 3.8) is 0 Å². The Morgan fingerprint density at radius 3 is 2.79 bits per heavy atom. The van der Waals surface area contributed by atoms with Gasteiger partial charge >= 0.3 is 5.97 Å². The summed E-state index contributed by atoms with van der Waals surface area (Å²) in [5.41, 5.74) is 1.36. The maximum Gasteiger partial charge on any atom is 0.306 e. The van der Waals surface area contributed by atoms with Gasteiger partial charge in [0.15, 0.2) is 0 Å². The molecular weight excluding hydrogens is 246 g/mol. The number of rotatable bonds is 3. The maximum absolute atomic E-state index is 12.1. The molecule has 1 amide bonds. The molecule has 0 spiro atoms. The first-order chi connectivity index (χ1) is 8.99. The average Bonchev–Trinajstić information content (AvgIpc) is 2.70. The molecule has 2 atom stereocenters. The molecule has 0 bridgehead atoms. The third kappa shape index (κ3) is 2.94. The van der Waals surface area contributed by atoms with Gasteiger partial charge in [-0.15, -0.1) is 0 Å². The third-order valence-corrected chi connectivity index (χ3v) is 3.84. The van der Waals surface area contributed by atoms with Crippen molar-refractivity contribution in [2.45, 2.75) is 38.6 Å². The van der Waals surface area contributed by atoms with Crippen molar-refractivity contribution >= 4 is 11.9 Å². The van der Waals surface area contributed by atoms with E-state index in [4.69, 9.17) is 5.11 Å². The standard InChI is InChI=1S/C13H19N3O3/c1-8-11(7-14-16(8)2)12(17)15-10-5-3-4-9(6-10)13(18)19/h7,9-10H,3-6H2,1-2H3,(H,15,17)(H,18,19). The average molecular weight is 265 g/mol. The van der Waals surface area contributed by atoms with E-state index in [2.05, 4.69) is 10.4 Å². The zero-order chi connectivity index (χ0) is 14.0. The SMILES string of the molecule is Cc1c(C(=O)NC2CCCC(C(=O)O)C2)cnn1C. The number of carbonyl (C=O) groups is 2. The number of amides is 1. The van der Waals surface area contributed by atoms with E-state index in [1.807, 2.05) is 6.92 Å². The molecule has 1 heterocycles. The van der Waals surface area contributed by atoms with Crippen molar-refractivity contribution < 1.29 is 14.7 Å². The van der Waals surface area contributed by atoms with E-state index in [9.17, 15) is 9.59 Å². The van der Waals surface area contributed by atoms with E-state index in [-0.39, 0.29) is 17.9 Å². The molecule has 1 fully saturated rings. The van der Waals surface area contributed by atoms with E-state index in [1.165, 1.54) is 0 Å². The van der Waals surface area contributed by atoms with Crippen LogP contribution in [-0.4, -0.2) is 32.8 Å². The maximum atomic E-state index is 12.1. The molecule has 0 radical (unpaired) electrons. The lowest BCUT2D eigenvalue weighted by Gasteiger charge is -2.27. The van der Waals surface area contributed by atoms with Crippen LogP contribution >= 0.6 is 0 Å². The molecule has 0 aliphatic heterocycles. The van der Waals surface area contributed by atoms with Crippen molar-refractivity contribution in [3.8, 4) is 0 Å². The molecule has 1 aliphatic carbocycles. The first-order valence-corrected chi connectivity index (χ1v) is 6.51. The lowest BCUT2D eigenvalue weighted by molar-refractivity contribution is -0.143. The quantitative estimate of drug-likeness (QED) is 0.857. The molecular formula is C13H19N3O3. The van der Waals surface area contributed by atoms with E-state index < -0.39 is 5.97 Å². The highest BCUT2D eigenvalue weighted by Crippen LogP contribution is 2.24. The fourth-order valence-corrected chi connectivity index (χ4v) is 2.53. The van der Waals surface area contributed by atoms with Gasteiger partial charge in [0.25, 0.3) is 5.91 Å². The van der Waals surface area contributed by atoms with Crippen molar-refractivity contribution in [1.82, 2.24) is 15.1 Å². The zero-order valence-corrected chi connectivity index (χ0v) is 11.2. The fourth-order valence-electron chi connectivity index (χ4n) is 2.53. The lowest BCUT2D eigenvalue weighted by Crippen LogP contribution is -2.40. The topological polar surface area (TPSA) is 84.2 Å². The normalized spacial score (nSPS) is 23.1. The van der Waals surface area contributed by atoms with Gasteiger partial charge in [0.2, 0.25) is 0 Å². The highest BCUT2D eigenvalue weighted by atomic mass is 16.4. The minimum absolute atomic E-state index is 0.0537. The molecule has 2 N–H and O–H groups in total. The van der Waals surface area contributed by atoms with Gasteiger partial charge in [0.1, 0.15) is 0 Å². The van der Waals surface area contributed by atoms with E-state index in [1.54, 1.807) is 17.9 Å². The molecule has 1 aromatic heterocycles. The largest absolute Gasteiger partial charge is 0.481 e. The van der Waals surface area contributed by atoms with Crippen LogP contribution in [-0.2, 0) is 11.8 Å². The Kier molecular flexibility index (Phi) is 3.87. The lowest BCUT2D eigenvalue weighted by atomic mass is 9.85. The van der Waals surface area contributed by atoms with E-state index >= 15 is 0 Å². The van der Waals surface area contributed by atoms with Gasteiger partial charge in [-0.3, -0.25) is 14.3 Å². The minimum Gasteiger partial charge on any atom is -0.481 e. The molecule has 2 rings (SSSR count). The minimum atomic E-state index is -0.767. The molecule has 6 nitrogen and oxygen atoms in total. The number of carboxylic acid groups (broad SMARTS) is 1. The molecule has 1 saturated carbocycles. The first kappa shape index (κ1) is 13.6. The summed E-state index contributed by atoms with van der Waals surface area (Å²) in [4.78, 5) is 23.1. The molecule has 0 aromatic carbocycles. The van der Waals surface area contributed by atoms with Crippen LogP contribution in [0.4, 0.5) is 0 Å². The second-order valence-electron chi connectivity index (χ2n) is 5.14. The van der Waals surface area contributed by atoms with Crippen molar-refractivity contribution in [2.24, 2.45) is 13.0 Å². The number of nitrogens with zero attached hydrogens (tertiary/aromatic N) is 2. The molecule has 6 heteroatoms. The predicted octanol–water partition coefficient (Wildman–Crippen LogP) is 1.10. The second kappa shape index (κ2) is 5.42. The Morgan fingerprint density at radius 1 is 1.47 bits per heavy atom. The van der Waals surface area contributed by atoms with Gasteiger partial charge in [-0.25, -0.2) is 0 Å². The smallest absolute Gasteiger partial charge is 0.306 e. The third-order valence-electron chi connectivity index (χ3n) is 3.84. The summed E-state index contributed by atoms with van der Waals surface area (Å²) in [7, 11) is 1.78. The van der Waals surface area contributed by atoms with E-state index in [0.717, 1.165) is 18.5 Å². The van der Waals surface area contributed by atoms with Crippen LogP contribution in [0.2, 0.25) is 0 Å². The van der Waals surface area contributed by atoms with Crippen LogP contribution in [0.3, 0.4) is 0 Å². The predicted molar refractivity (Wildman–Crippen MR) is 68.8 cm³/mol. The van der Waals surface area contributed by atoms with Crippen LogP contribution < -0.4 is 5.32 Å². The number of nitrogens with one attached hydrogen (secondary N) is 1.